The van der Waals surface area contributed by atoms with Crippen LogP contribution in [0.15, 0.2) is 59.7 Å². The van der Waals surface area contributed by atoms with E-state index >= 15 is 0 Å². The van der Waals surface area contributed by atoms with Crippen LogP contribution in [0.2, 0.25) is 0 Å². The molecule has 0 bridgehead atoms. The van der Waals surface area contributed by atoms with Gasteiger partial charge in [-0.15, -0.1) is 0 Å². The van der Waals surface area contributed by atoms with E-state index in [1.165, 1.54) is 0 Å². The van der Waals surface area contributed by atoms with Crippen LogP contribution in [0.3, 0.4) is 0 Å². The second kappa shape index (κ2) is 8.60. The average molecular weight is 495 g/mol. The van der Waals surface area contributed by atoms with Crippen molar-refractivity contribution in [3.63, 3.8) is 0 Å². The lowest BCUT2D eigenvalue weighted by atomic mass is 10.1. The molecule has 1 saturated carbocycles. The van der Waals surface area contributed by atoms with Gasteiger partial charge in [0.1, 0.15) is 0 Å². The first-order valence-electron chi connectivity index (χ1n) is 8.34. The number of Topliss-reactive ketones (excluding diaryl/α,β-unsaturated/α-hetero) is 1. The van der Waals surface area contributed by atoms with Crippen LogP contribution in [0.4, 0.5) is 0 Å². The summed E-state index contributed by atoms with van der Waals surface area (Å²) in [6.07, 6.45) is 5.11. The highest BCUT2D eigenvalue weighted by Gasteiger charge is 2.25. The summed E-state index contributed by atoms with van der Waals surface area (Å²) >= 11 is 35.2. The molecule has 0 aromatic heterocycles. The third kappa shape index (κ3) is 5.48. The third-order valence-corrected chi connectivity index (χ3v) is 5.71. The molecule has 2 aromatic rings. The van der Waals surface area contributed by atoms with E-state index in [0.29, 0.717) is 24.0 Å². The summed E-state index contributed by atoms with van der Waals surface area (Å²) in [6.45, 7) is 0. The van der Waals surface area contributed by atoms with Crippen LogP contribution < -0.4 is 0 Å². The van der Waals surface area contributed by atoms with Gasteiger partial charge in [0, 0.05) is 22.3 Å². The summed E-state index contributed by atoms with van der Waals surface area (Å²) in [5.41, 5.74) is 4.44. The Morgan fingerprint density at radius 1 is 0.607 bits per heavy atom. The molecule has 3 rings (SSSR count). The number of ketones is 1. The van der Waals surface area contributed by atoms with Crippen LogP contribution >= 0.6 is 69.6 Å². The van der Waals surface area contributed by atoms with E-state index in [1.54, 1.807) is 24.3 Å². The van der Waals surface area contributed by atoms with Gasteiger partial charge in [-0.25, -0.2) is 0 Å². The maximum atomic E-state index is 12.7. The molecule has 1 fully saturated rings. The molecule has 0 heterocycles. The zero-order valence-electron chi connectivity index (χ0n) is 14.4. The number of halogens is 6. The average Bonchev–Trinajstić information content (AvgIpc) is 2.94. The summed E-state index contributed by atoms with van der Waals surface area (Å²) in [4.78, 5) is 12.7. The molecule has 0 saturated heterocycles. The molecule has 0 radical (unpaired) electrons. The van der Waals surface area contributed by atoms with E-state index in [4.69, 9.17) is 69.6 Å². The second-order valence-corrected chi connectivity index (χ2v) is 11.0. The predicted octanol–water partition coefficient (Wildman–Crippen LogP) is 8.17. The Bertz CT molecular complexity index is 851. The van der Waals surface area contributed by atoms with Crippen molar-refractivity contribution in [1.29, 1.82) is 0 Å². The summed E-state index contributed by atoms with van der Waals surface area (Å²) in [6, 6.07) is 14.3. The lowest BCUT2D eigenvalue weighted by molar-refractivity contribution is -0.111. The lowest BCUT2D eigenvalue weighted by Crippen LogP contribution is -2.00. The number of rotatable bonds is 2. The summed E-state index contributed by atoms with van der Waals surface area (Å²) in [7, 11) is 0. The quantitative estimate of drug-likeness (QED) is 0.304. The van der Waals surface area contributed by atoms with Crippen molar-refractivity contribution < 1.29 is 4.79 Å². The molecule has 1 aliphatic rings. The third-order valence-electron chi connectivity index (χ3n) is 4.40. The fraction of sp³-hybridized carbons (Fsp3) is 0.190. The summed E-state index contributed by atoms with van der Waals surface area (Å²) in [5.74, 6) is 0.0379. The first kappa shape index (κ1) is 22.0. The SMILES string of the molecule is O=C1C(=Cc2ccc(C(Cl)(Cl)Cl)cc2)CCC1=Cc1ccc(C(Cl)(Cl)Cl)cc1. The molecule has 0 amide bonds. The Balaban J connectivity index is 1.77. The van der Waals surface area contributed by atoms with Gasteiger partial charge in [-0.2, -0.15) is 0 Å². The Hall–Kier alpha value is -0.670. The highest BCUT2D eigenvalue weighted by molar-refractivity contribution is 6.67. The topological polar surface area (TPSA) is 17.1 Å². The van der Waals surface area contributed by atoms with Gasteiger partial charge >= 0.3 is 0 Å². The molecule has 0 unspecified atom stereocenters. The minimum Gasteiger partial charge on any atom is -0.289 e. The van der Waals surface area contributed by atoms with Crippen LogP contribution in [-0.4, -0.2) is 5.78 Å². The maximum absolute atomic E-state index is 12.7. The van der Waals surface area contributed by atoms with Gasteiger partial charge in [0.2, 0.25) is 7.59 Å². The van der Waals surface area contributed by atoms with Gasteiger partial charge < -0.3 is 0 Å². The van der Waals surface area contributed by atoms with E-state index in [9.17, 15) is 4.79 Å². The van der Waals surface area contributed by atoms with Crippen molar-refractivity contribution in [2.24, 2.45) is 0 Å². The molecule has 1 aliphatic carbocycles. The Kier molecular flexibility index (Phi) is 6.76. The minimum atomic E-state index is -1.46. The predicted molar refractivity (Wildman–Crippen MR) is 122 cm³/mol. The Morgan fingerprint density at radius 2 is 0.929 bits per heavy atom. The molecule has 7 heteroatoms. The van der Waals surface area contributed by atoms with Crippen molar-refractivity contribution in [3.8, 4) is 0 Å². The van der Waals surface area contributed by atoms with Crippen LogP contribution in [-0.2, 0) is 12.4 Å². The monoisotopic (exact) mass is 492 g/mol. The van der Waals surface area contributed by atoms with E-state index < -0.39 is 7.59 Å². The van der Waals surface area contributed by atoms with E-state index in [0.717, 1.165) is 22.3 Å². The molecule has 2 aromatic carbocycles. The number of alkyl halides is 6. The smallest absolute Gasteiger partial charge is 0.216 e. The minimum absolute atomic E-state index is 0.0379. The van der Waals surface area contributed by atoms with Gasteiger partial charge in [0.05, 0.1) is 0 Å². The van der Waals surface area contributed by atoms with Crippen molar-refractivity contribution in [2.75, 3.05) is 0 Å². The van der Waals surface area contributed by atoms with Crippen LogP contribution in [0.25, 0.3) is 12.2 Å². The van der Waals surface area contributed by atoms with E-state index in [-0.39, 0.29) is 5.78 Å². The molecule has 28 heavy (non-hydrogen) atoms. The zero-order chi connectivity index (χ0) is 20.5. The first-order chi connectivity index (χ1) is 13.0. The number of carbonyl (C=O) groups excluding carboxylic acids is 1. The largest absolute Gasteiger partial charge is 0.289 e. The lowest BCUT2D eigenvalue weighted by Gasteiger charge is -2.11. The molecule has 146 valence electrons. The van der Waals surface area contributed by atoms with Gasteiger partial charge in [0.15, 0.2) is 5.78 Å². The molecule has 1 nitrogen and oxygen atoms in total. The highest BCUT2D eigenvalue weighted by atomic mass is 35.6. The number of hydrogen-bond donors (Lipinski definition) is 0. The fourth-order valence-corrected chi connectivity index (χ4v) is 3.67. The van der Waals surface area contributed by atoms with Gasteiger partial charge in [-0.3, -0.25) is 4.79 Å². The van der Waals surface area contributed by atoms with Crippen molar-refractivity contribution in [2.45, 2.75) is 20.4 Å². The molecular weight excluding hydrogens is 481 g/mol. The fourth-order valence-electron chi connectivity index (χ4n) is 2.92. The second-order valence-electron chi connectivity index (χ2n) is 6.41. The van der Waals surface area contributed by atoms with E-state index in [2.05, 4.69) is 0 Å². The molecule has 0 spiro atoms. The van der Waals surface area contributed by atoms with Crippen molar-refractivity contribution >= 4 is 87.5 Å². The number of hydrogen-bond acceptors (Lipinski definition) is 1. The normalized spacial score (nSPS) is 18.3. The van der Waals surface area contributed by atoms with Gasteiger partial charge in [0.25, 0.3) is 0 Å². The van der Waals surface area contributed by atoms with Crippen molar-refractivity contribution in [1.82, 2.24) is 0 Å². The highest BCUT2D eigenvalue weighted by Crippen LogP contribution is 2.39. The standard InChI is InChI=1S/C21H14Cl6O/c22-20(23,24)17-7-1-13(2-8-17)11-15-5-6-16(19(15)28)12-14-3-9-18(10-4-14)21(25,26)27/h1-4,7-12H,5-6H2. The van der Waals surface area contributed by atoms with Gasteiger partial charge in [-0.05, 0) is 36.1 Å². The zero-order valence-corrected chi connectivity index (χ0v) is 18.9. The maximum Gasteiger partial charge on any atom is 0.216 e. The van der Waals surface area contributed by atoms with Crippen LogP contribution in [0, 0.1) is 0 Å². The Morgan fingerprint density at radius 3 is 1.21 bits per heavy atom. The van der Waals surface area contributed by atoms with E-state index in [1.807, 2.05) is 36.4 Å². The number of allylic oxidation sites excluding steroid dienone is 2. The van der Waals surface area contributed by atoms with Crippen molar-refractivity contribution in [3.05, 3.63) is 81.9 Å². The van der Waals surface area contributed by atoms with Crippen LogP contribution in [0.1, 0.15) is 35.1 Å². The molecule has 0 N–H and O–H groups in total. The molecule has 0 atom stereocenters. The van der Waals surface area contributed by atoms with Crippen LogP contribution in [0.5, 0.6) is 0 Å². The molecular formula is C21H14Cl6O. The first-order valence-corrected chi connectivity index (χ1v) is 10.6. The summed E-state index contributed by atoms with van der Waals surface area (Å²) < 4.78 is -2.92. The number of carbonyl (C=O) groups is 1. The summed E-state index contributed by atoms with van der Waals surface area (Å²) in [5, 5.41) is 0. The van der Waals surface area contributed by atoms with Gasteiger partial charge in [-0.1, -0.05) is 118 Å². The molecule has 0 aliphatic heterocycles. The Labute approximate surface area is 193 Å². The number of benzene rings is 2.